The van der Waals surface area contributed by atoms with Crippen LogP contribution in [0.1, 0.15) is 18.1 Å². The smallest absolute Gasteiger partial charge is 0.230 e. The fraction of sp³-hybridized carbons (Fsp3) is 0.333. The zero-order chi connectivity index (χ0) is 8.55. The highest BCUT2D eigenvalue weighted by Gasteiger charge is 2.18. The number of nitrogens with zero attached hydrogens (tertiary/aromatic N) is 1. The first-order valence-electron chi connectivity index (χ1n) is 4.07. The van der Waals surface area contributed by atoms with Gasteiger partial charge in [0.25, 0.3) is 0 Å². The SMILES string of the molecule is CCc1cnc2c(c1)CC(=O)N2. The van der Waals surface area contributed by atoms with Gasteiger partial charge in [0.2, 0.25) is 5.91 Å². The maximum absolute atomic E-state index is 10.9. The number of carbonyl (C=O) groups is 1. The second kappa shape index (κ2) is 2.59. The lowest BCUT2D eigenvalue weighted by atomic mass is 10.1. The highest BCUT2D eigenvalue weighted by atomic mass is 16.1. The minimum absolute atomic E-state index is 0.0470. The number of carbonyl (C=O) groups excluding carboxylic acids is 1. The first-order chi connectivity index (χ1) is 5.79. The molecular formula is C9H10N2O. The largest absolute Gasteiger partial charge is 0.310 e. The first kappa shape index (κ1) is 7.28. The molecule has 2 rings (SSSR count). The second-order valence-corrected chi connectivity index (χ2v) is 2.93. The van der Waals surface area contributed by atoms with E-state index in [-0.39, 0.29) is 5.91 Å². The molecule has 1 aromatic rings. The van der Waals surface area contributed by atoms with Crippen LogP contribution < -0.4 is 5.32 Å². The molecule has 0 aliphatic carbocycles. The summed E-state index contributed by atoms with van der Waals surface area (Å²) in [5.74, 6) is 0.781. The van der Waals surface area contributed by atoms with Gasteiger partial charge in [0.05, 0.1) is 6.42 Å². The monoisotopic (exact) mass is 162 g/mol. The summed E-state index contributed by atoms with van der Waals surface area (Å²) in [5, 5.41) is 2.70. The molecule has 0 spiro atoms. The summed E-state index contributed by atoms with van der Waals surface area (Å²) < 4.78 is 0. The number of anilines is 1. The Hall–Kier alpha value is -1.38. The third-order valence-electron chi connectivity index (χ3n) is 2.04. The molecule has 2 heterocycles. The average Bonchev–Trinajstić information content (AvgIpc) is 2.43. The van der Waals surface area contributed by atoms with Gasteiger partial charge in [0.15, 0.2) is 0 Å². The van der Waals surface area contributed by atoms with E-state index in [0.29, 0.717) is 6.42 Å². The van der Waals surface area contributed by atoms with Crippen molar-refractivity contribution in [2.24, 2.45) is 0 Å². The Morgan fingerprint density at radius 3 is 3.25 bits per heavy atom. The quantitative estimate of drug-likeness (QED) is 0.672. The minimum atomic E-state index is 0.0470. The molecular weight excluding hydrogens is 152 g/mol. The molecule has 3 heteroatoms. The summed E-state index contributed by atoms with van der Waals surface area (Å²) in [6.45, 7) is 2.08. The van der Waals surface area contributed by atoms with Crippen molar-refractivity contribution >= 4 is 11.7 Å². The number of nitrogens with one attached hydrogen (secondary N) is 1. The number of hydrogen-bond donors (Lipinski definition) is 1. The molecule has 0 saturated carbocycles. The van der Waals surface area contributed by atoms with Crippen LogP contribution in [-0.4, -0.2) is 10.9 Å². The van der Waals surface area contributed by atoms with Crippen molar-refractivity contribution in [3.8, 4) is 0 Å². The zero-order valence-electron chi connectivity index (χ0n) is 6.92. The van der Waals surface area contributed by atoms with E-state index < -0.39 is 0 Å². The maximum Gasteiger partial charge on any atom is 0.230 e. The standard InChI is InChI=1S/C9H10N2O/c1-2-6-3-7-4-8(12)11-9(7)10-5-6/h3,5H,2,4H2,1H3,(H,10,11,12). The molecule has 1 aromatic heterocycles. The molecule has 1 amide bonds. The molecule has 0 bridgehead atoms. The predicted molar refractivity (Wildman–Crippen MR) is 45.9 cm³/mol. The first-order valence-corrected chi connectivity index (χ1v) is 4.07. The Morgan fingerprint density at radius 1 is 1.67 bits per heavy atom. The van der Waals surface area contributed by atoms with Crippen LogP contribution in [0.3, 0.4) is 0 Å². The Labute approximate surface area is 70.8 Å². The molecule has 0 aromatic carbocycles. The Balaban J connectivity index is 2.41. The van der Waals surface area contributed by atoms with Crippen LogP contribution in [0.15, 0.2) is 12.3 Å². The minimum Gasteiger partial charge on any atom is -0.310 e. The van der Waals surface area contributed by atoms with Crippen molar-refractivity contribution in [2.45, 2.75) is 19.8 Å². The van der Waals surface area contributed by atoms with Crippen LogP contribution in [0.2, 0.25) is 0 Å². The summed E-state index contributed by atoms with van der Waals surface area (Å²) in [5.41, 5.74) is 2.21. The van der Waals surface area contributed by atoms with E-state index in [1.54, 1.807) is 0 Å². The van der Waals surface area contributed by atoms with Gasteiger partial charge < -0.3 is 5.32 Å². The zero-order valence-corrected chi connectivity index (χ0v) is 6.92. The second-order valence-electron chi connectivity index (χ2n) is 2.93. The summed E-state index contributed by atoms with van der Waals surface area (Å²) in [6, 6.07) is 2.04. The fourth-order valence-corrected chi connectivity index (χ4v) is 1.35. The summed E-state index contributed by atoms with van der Waals surface area (Å²) in [6.07, 6.45) is 3.26. The van der Waals surface area contributed by atoms with Gasteiger partial charge in [-0.15, -0.1) is 0 Å². The van der Waals surface area contributed by atoms with Gasteiger partial charge >= 0.3 is 0 Å². The van der Waals surface area contributed by atoms with E-state index in [0.717, 1.165) is 17.8 Å². The van der Waals surface area contributed by atoms with Crippen molar-refractivity contribution in [3.63, 3.8) is 0 Å². The van der Waals surface area contributed by atoms with Crippen LogP contribution in [-0.2, 0) is 17.6 Å². The van der Waals surface area contributed by atoms with Gasteiger partial charge in [-0.1, -0.05) is 13.0 Å². The van der Waals surface area contributed by atoms with Crippen LogP contribution >= 0.6 is 0 Å². The Morgan fingerprint density at radius 2 is 2.50 bits per heavy atom. The lowest BCUT2D eigenvalue weighted by Gasteiger charge is -1.98. The summed E-state index contributed by atoms with van der Waals surface area (Å²) in [4.78, 5) is 15.1. The molecule has 1 aliphatic rings. The van der Waals surface area contributed by atoms with Crippen molar-refractivity contribution in [2.75, 3.05) is 5.32 Å². The molecule has 62 valence electrons. The van der Waals surface area contributed by atoms with Crippen molar-refractivity contribution in [1.29, 1.82) is 0 Å². The molecule has 1 N–H and O–H groups in total. The van der Waals surface area contributed by atoms with Gasteiger partial charge in [-0.2, -0.15) is 0 Å². The van der Waals surface area contributed by atoms with Gasteiger partial charge in [0.1, 0.15) is 5.82 Å². The summed E-state index contributed by atoms with van der Waals surface area (Å²) >= 11 is 0. The molecule has 0 atom stereocenters. The van der Waals surface area contributed by atoms with Gasteiger partial charge in [-0.3, -0.25) is 4.79 Å². The molecule has 1 aliphatic heterocycles. The van der Waals surface area contributed by atoms with E-state index in [4.69, 9.17) is 0 Å². The number of hydrogen-bond acceptors (Lipinski definition) is 2. The lowest BCUT2D eigenvalue weighted by Crippen LogP contribution is -2.04. The third-order valence-corrected chi connectivity index (χ3v) is 2.04. The number of pyridine rings is 1. The van der Waals surface area contributed by atoms with Crippen LogP contribution in [0.25, 0.3) is 0 Å². The number of aromatic nitrogens is 1. The Kier molecular flexibility index (Phi) is 1.57. The van der Waals surface area contributed by atoms with Crippen molar-refractivity contribution in [3.05, 3.63) is 23.4 Å². The fourth-order valence-electron chi connectivity index (χ4n) is 1.35. The van der Waals surface area contributed by atoms with E-state index in [2.05, 4.69) is 17.2 Å². The molecule has 3 nitrogen and oxygen atoms in total. The number of fused-ring (bicyclic) bond motifs is 1. The van der Waals surface area contributed by atoms with Crippen LogP contribution in [0, 0.1) is 0 Å². The number of aryl methyl sites for hydroxylation is 1. The van der Waals surface area contributed by atoms with E-state index in [1.807, 2.05) is 12.3 Å². The number of amides is 1. The third kappa shape index (κ3) is 1.07. The van der Waals surface area contributed by atoms with E-state index in [9.17, 15) is 4.79 Å². The molecule has 0 radical (unpaired) electrons. The van der Waals surface area contributed by atoms with Gasteiger partial charge in [0, 0.05) is 11.8 Å². The number of rotatable bonds is 1. The van der Waals surface area contributed by atoms with Gasteiger partial charge in [-0.05, 0) is 12.0 Å². The van der Waals surface area contributed by atoms with Crippen LogP contribution in [0.4, 0.5) is 5.82 Å². The van der Waals surface area contributed by atoms with E-state index in [1.165, 1.54) is 5.56 Å². The van der Waals surface area contributed by atoms with E-state index >= 15 is 0 Å². The normalized spacial score (nSPS) is 14.2. The maximum atomic E-state index is 10.9. The molecule has 0 unspecified atom stereocenters. The summed E-state index contributed by atoms with van der Waals surface area (Å²) in [7, 11) is 0. The Bertz CT molecular complexity index is 333. The average molecular weight is 162 g/mol. The molecule has 0 fully saturated rings. The highest BCUT2D eigenvalue weighted by Crippen LogP contribution is 2.20. The lowest BCUT2D eigenvalue weighted by molar-refractivity contribution is -0.115. The predicted octanol–water partition coefficient (Wildman–Crippen LogP) is 1.14. The van der Waals surface area contributed by atoms with Crippen molar-refractivity contribution in [1.82, 2.24) is 4.98 Å². The highest BCUT2D eigenvalue weighted by molar-refractivity contribution is 5.97. The van der Waals surface area contributed by atoms with Crippen LogP contribution in [0.5, 0.6) is 0 Å². The van der Waals surface area contributed by atoms with Crippen molar-refractivity contribution < 1.29 is 4.79 Å². The molecule has 0 saturated heterocycles. The topological polar surface area (TPSA) is 42.0 Å². The molecule has 12 heavy (non-hydrogen) atoms. The van der Waals surface area contributed by atoms with Gasteiger partial charge in [-0.25, -0.2) is 4.98 Å².